The number of nitrogens with one attached hydrogen (secondary N) is 2. The zero-order valence-electron chi connectivity index (χ0n) is 14.7. The summed E-state index contributed by atoms with van der Waals surface area (Å²) >= 11 is 3.49. The van der Waals surface area contributed by atoms with Gasteiger partial charge in [0.15, 0.2) is 0 Å². The van der Waals surface area contributed by atoms with Crippen molar-refractivity contribution in [3.63, 3.8) is 0 Å². The van der Waals surface area contributed by atoms with Crippen molar-refractivity contribution in [2.45, 2.75) is 45.2 Å². The van der Waals surface area contributed by atoms with Crippen LogP contribution in [-0.4, -0.2) is 43.6 Å². The van der Waals surface area contributed by atoms with Crippen molar-refractivity contribution in [3.8, 4) is 0 Å². The van der Waals surface area contributed by atoms with Gasteiger partial charge in [0.25, 0.3) is 0 Å². The summed E-state index contributed by atoms with van der Waals surface area (Å²) in [7, 11) is -3.15. The van der Waals surface area contributed by atoms with Gasteiger partial charge in [-0.15, -0.1) is 0 Å². The number of amides is 2. The van der Waals surface area contributed by atoms with Crippen LogP contribution < -0.4 is 10.6 Å². The highest BCUT2D eigenvalue weighted by molar-refractivity contribution is 9.10. The highest BCUT2D eigenvalue weighted by Gasteiger charge is 2.28. The van der Waals surface area contributed by atoms with Gasteiger partial charge in [0.2, 0.25) is 10.0 Å². The molecule has 2 rings (SSSR count). The molecule has 8 heteroatoms. The highest BCUT2D eigenvalue weighted by Crippen LogP contribution is 2.22. The van der Waals surface area contributed by atoms with Gasteiger partial charge in [0.05, 0.1) is 11.8 Å². The Labute approximate surface area is 158 Å². The standard InChI is InChI=1S/C17H26BrN3O3S/c1-3-12-25(23,24)21-10-8-14(9-11-21)20-17(22)19-13(2)15-6-4-5-7-16(15)18/h4-7,13-14H,3,8-12H2,1-2H3,(H2,19,20,22). The molecule has 0 aromatic heterocycles. The van der Waals surface area contributed by atoms with Gasteiger partial charge in [-0.2, -0.15) is 0 Å². The molecule has 1 saturated heterocycles. The van der Waals surface area contributed by atoms with Gasteiger partial charge in [0, 0.05) is 23.6 Å². The molecule has 0 radical (unpaired) electrons. The molecule has 0 saturated carbocycles. The van der Waals surface area contributed by atoms with E-state index < -0.39 is 10.0 Å². The topological polar surface area (TPSA) is 78.5 Å². The quantitative estimate of drug-likeness (QED) is 0.726. The minimum atomic E-state index is -3.15. The number of hydrogen-bond acceptors (Lipinski definition) is 3. The number of hydrogen-bond donors (Lipinski definition) is 2. The predicted molar refractivity (Wildman–Crippen MR) is 103 cm³/mol. The van der Waals surface area contributed by atoms with Gasteiger partial charge in [-0.25, -0.2) is 17.5 Å². The molecule has 2 N–H and O–H groups in total. The first-order valence-electron chi connectivity index (χ1n) is 8.62. The Bertz CT molecular complexity index is 688. The van der Waals surface area contributed by atoms with E-state index in [4.69, 9.17) is 0 Å². The van der Waals surface area contributed by atoms with Gasteiger partial charge in [-0.3, -0.25) is 0 Å². The van der Waals surface area contributed by atoms with E-state index >= 15 is 0 Å². The molecule has 1 aromatic rings. The minimum absolute atomic E-state index is 0.000472. The summed E-state index contributed by atoms with van der Waals surface area (Å²) in [6.45, 7) is 4.72. The molecule has 2 amide bonds. The van der Waals surface area contributed by atoms with E-state index in [-0.39, 0.29) is 23.9 Å². The lowest BCUT2D eigenvalue weighted by Gasteiger charge is -2.31. The largest absolute Gasteiger partial charge is 0.335 e. The second-order valence-corrected chi connectivity index (χ2v) is 9.29. The van der Waals surface area contributed by atoms with E-state index in [1.54, 1.807) is 0 Å². The van der Waals surface area contributed by atoms with E-state index in [2.05, 4.69) is 26.6 Å². The number of urea groups is 1. The summed E-state index contributed by atoms with van der Waals surface area (Å²) in [5, 5.41) is 5.89. The fourth-order valence-electron chi connectivity index (χ4n) is 2.99. The summed E-state index contributed by atoms with van der Waals surface area (Å²) in [4.78, 5) is 12.2. The van der Waals surface area contributed by atoms with E-state index in [1.807, 2.05) is 38.1 Å². The maximum atomic E-state index is 12.2. The lowest BCUT2D eigenvalue weighted by atomic mass is 10.1. The smallest absolute Gasteiger partial charge is 0.315 e. The van der Waals surface area contributed by atoms with Crippen molar-refractivity contribution in [1.82, 2.24) is 14.9 Å². The Balaban J connectivity index is 1.82. The number of carbonyl (C=O) groups is 1. The molecule has 1 aliphatic heterocycles. The Morgan fingerprint density at radius 1 is 1.32 bits per heavy atom. The molecule has 0 aliphatic carbocycles. The Kier molecular flexibility index (Phi) is 7.27. The average Bonchev–Trinajstić information content (AvgIpc) is 2.55. The van der Waals surface area contributed by atoms with Crippen molar-refractivity contribution < 1.29 is 13.2 Å². The molecule has 1 fully saturated rings. The van der Waals surface area contributed by atoms with Crippen LogP contribution in [0, 0.1) is 0 Å². The maximum absolute atomic E-state index is 12.2. The molecule has 1 atom stereocenters. The van der Waals surface area contributed by atoms with E-state index in [0.717, 1.165) is 10.0 Å². The number of rotatable bonds is 6. The van der Waals surface area contributed by atoms with Crippen LogP contribution in [0.2, 0.25) is 0 Å². The number of benzene rings is 1. The third-order valence-electron chi connectivity index (χ3n) is 4.36. The van der Waals surface area contributed by atoms with E-state index in [0.29, 0.717) is 32.4 Å². The number of carbonyl (C=O) groups excluding carboxylic acids is 1. The summed E-state index contributed by atoms with van der Waals surface area (Å²) in [6, 6.07) is 7.42. The molecule has 6 nitrogen and oxygen atoms in total. The van der Waals surface area contributed by atoms with E-state index in [9.17, 15) is 13.2 Å². The van der Waals surface area contributed by atoms with Crippen LogP contribution in [0.25, 0.3) is 0 Å². The maximum Gasteiger partial charge on any atom is 0.315 e. The normalized spacial score (nSPS) is 17.9. The fourth-order valence-corrected chi connectivity index (χ4v) is 5.16. The zero-order valence-corrected chi connectivity index (χ0v) is 17.1. The summed E-state index contributed by atoms with van der Waals surface area (Å²) in [6.07, 6.45) is 1.90. The second kappa shape index (κ2) is 9.00. The summed E-state index contributed by atoms with van der Waals surface area (Å²) < 4.78 is 26.6. The first kappa shape index (κ1) is 20.2. The molecule has 0 bridgehead atoms. The first-order valence-corrected chi connectivity index (χ1v) is 11.0. The zero-order chi connectivity index (χ0) is 18.4. The lowest BCUT2D eigenvalue weighted by molar-refractivity contribution is 0.225. The molecule has 0 spiro atoms. The number of nitrogens with zero attached hydrogens (tertiary/aromatic N) is 1. The van der Waals surface area contributed by atoms with Crippen LogP contribution in [0.1, 0.15) is 44.7 Å². The van der Waals surface area contributed by atoms with Crippen LogP contribution >= 0.6 is 15.9 Å². The number of halogens is 1. The number of piperidine rings is 1. The second-order valence-electron chi connectivity index (χ2n) is 6.35. The summed E-state index contributed by atoms with van der Waals surface area (Å²) in [5.74, 6) is 0.190. The molecule has 25 heavy (non-hydrogen) atoms. The third kappa shape index (κ3) is 5.69. The monoisotopic (exact) mass is 431 g/mol. The van der Waals surface area contributed by atoms with Gasteiger partial charge in [0.1, 0.15) is 0 Å². The SMILES string of the molecule is CCCS(=O)(=O)N1CCC(NC(=O)NC(C)c2ccccc2Br)CC1. The Morgan fingerprint density at radius 2 is 1.96 bits per heavy atom. The Morgan fingerprint density at radius 3 is 2.56 bits per heavy atom. The highest BCUT2D eigenvalue weighted by atomic mass is 79.9. The number of sulfonamides is 1. The van der Waals surface area contributed by atoms with Crippen LogP contribution in [0.3, 0.4) is 0 Å². The van der Waals surface area contributed by atoms with Crippen molar-refractivity contribution in [1.29, 1.82) is 0 Å². The third-order valence-corrected chi connectivity index (χ3v) is 7.16. The molecule has 1 unspecified atom stereocenters. The molecular weight excluding hydrogens is 406 g/mol. The Hall–Kier alpha value is -1.12. The molecule has 1 aromatic carbocycles. The summed E-state index contributed by atoms with van der Waals surface area (Å²) in [5.41, 5.74) is 1.01. The molecular formula is C17H26BrN3O3S. The fraction of sp³-hybridized carbons (Fsp3) is 0.588. The van der Waals surface area contributed by atoms with Crippen molar-refractivity contribution in [3.05, 3.63) is 34.3 Å². The van der Waals surface area contributed by atoms with Crippen LogP contribution in [0.15, 0.2) is 28.7 Å². The molecule has 1 heterocycles. The van der Waals surface area contributed by atoms with Gasteiger partial charge < -0.3 is 10.6 Å². The van der Waals surface area contributed by atoms with Crippen LogP contribution in [-0.2, 0) is 10.0 Å². The molecule has 140 valence electrons. The predicted octanol–water partition coefficient (Wildman–Crippen LogP) is 3.01. The van der Waals surface area contributed by atoms with Gasteiger partial charge in [-0.05, 0) is 37.8 Å². The van der Waals surface area contributed by atoms with E-state index in [1.165, 1.54) is 4.31 Å². The van der Waals surface area contributed by atoms with Gasteiger partial charge >= 0.3 is 6.03 Å². The first-order chi connectivity index (χ1) is 11.8. The van der Waals surface area contributed by atoms with Crippen LogP contribution in [0.4, 0.5) is 4.79 Å². The minimum Gasteiger partial charge on any atom is -0.335 e. The van der Waals surface area contributed by atoms with Crippen molar-refractivity contribution in [2.24, 2.45) is 0 Å². The average molecular weight is 432 g/mol. The van der Waals surface area contributed by atoms with Crippen LogP contribution in [0.5, 0.6) is 0 Å². The van der Waals surface area contributed by atoms with Crippen molar-refractivity contribution in [2.75, 3.05) is 18.8 Å². The van der Waals surface area contributed by atoms with Crippen molar-refractivity contribution >= 4 is 32.0 Å². The lowest BCUT2D eigenvalue weighted by Crippen LogP contribution is -2.49. The van der Waals surface area contributed by atoms with Gasteiger partial charge in [-0.1, -0.05) is 41.1 Å². The molecule has 1 aliphatic rings.